The quantitative estimate of drug-likeness (QED) is 0.893. The summed E-state index contributed by atoms with van der Waals surface area (Å²) in [5.74, 6) is 1.06. The Morgan fingerprint density at radius 1 is 1.25 bits per heavy atom. The molecule has 1 aromatic carbocycles. The van der Waals surface area contributed by atoms with Gasteiger partial charge in [-0.1, -0.05) is 11.6 Å². The summed E-state index contributed by atoms with van der Waals surface area (Å²) >= 11 is 9.23. The Morgan fingerprint density at radius 2 is 2.06 bits per heavy atom. The largest absolute Gasteiger partial charge is 0.384 e. The first kappa shape index (κ1) is 11.2. The summed E-state index contributed by atoms with van der Waals surface area (Å²) in [7, 11) is 0. The van der Waals surface area contributed by atoms with Crippen LogP contribution in [0.2, 0.25) is 5.02 Å². The van der Waals surface area contributed by atoms with E-state index >= 15 is 0 Å². The van der Waals surface area contributed by atoms with Crippen LogP contribution < -0.4 is 11.1 Å². The molecule has 1 heterocycles. The number of nitrogens with one attached hydrogen (secondary N) is 1. The van der Waals surface area contributed by atoms with E-state index in [9.17, 15) is 0 Å². The Morgan fingerprint density at radius 3 is 2.75 bits per heavy atom. The van der Waals surface area contributed by atoms with E-state index < -0.39 is 0 Å². The van der Waals surface area contributed by atoms with Crippen LogP contribution in [0, 0.1) is 0 Å². The van der Waals surface area contributed by atoms with Gasteiger partial charge >= 0.3 is 0 Å². The van der Waals surface area contributed by atoms with E-state index in [-0.39, 0.29) is 0 Å². The Labute approximate surface area is 106 Å². The standard InChI is InChI=1S/C10H8BrClN4/c11-7-3-6(1-2-8(7)12)16-10-4-9(13)14-5-15-10/h1-5H,(H3,13,14,15,16). The van der Waals surface area contributed by atoms with Gasteiger partial charge in [0.15, 0.2) is 0 Å². The van der Waals surface area contributed by atoms with Crippen LogP contribution >= 0.6 is 27.5 Å². The predicted octanol–water partition coefficient (Wildman–Crippen LogP) is 3.22. The van der Waals surface area contributed by atoms with E-state index in [1.807, 2.05) is 12.1 Å². The molecule has 0 aliphatic rings. The molecule has 16 heavy (non-hydrogen) atoms. The van der Waals surface area contributed by atoms with Gasteiger partial charge < -0.3 is 11.1 Å². The fourth-order valence-electron chi connectivity index (χ4n) is 1.16. The zero-order chi connectivity index (χ0) is 11.5. The van der Waals surface area contributed by atoms with Gasteiger partial charge in [0.1, 0.15) is 18.0 Å². The molecular formula is C10H8BrClN4. The van der Waals surface area contributed by atoms with Crippen molar-refractivity contribution in [2.24, 2.45) is 0 Å². The molecule has 0 fully saturated rings. The van der Waals surface area contributed by atoms with E-state index in [0.717, 1.165) is 10.2 Å². The molecule has 0 aliphatic heterocycles. The van der Waals surface area contributed by atoms with Crippen molar-refractivity contribution in [1.29, 1.82) is 0 Å². The summed E-state index contributed by atoms with van der Waals surface area (Å²) in [5.41, 5.74) is 6.41. The summed E-state index contributed by atoms with van der Waals surface area (Å²) in [4.78, 5) is 7.85. The molecule has 1 aromatic heterocycles. The first-order valence-electron chi connectivity index (χ1n) is 4.45. The molecule has 82 valence electrons. The molecule has 4 nitrogen and oxygen atoms in total. The number of rotatable bonds is 2. The molecule has 0 unspecified atom stereocenters. The van der Waals surface area contributed by atoms with Crippen molar-refractivity contribution in [3.05, 3.63) is 40.1 Å². The number of hydrogen-bond donors (Lipinski definition) is 2. The van der Waals surface area contributed by atoms with Crippen molar-refractivity contribution in [2.75, 3.05) is 11.1 Å². The van der Waals surface area contributed by atoms with Crippen LogP contribution in [-0.4, -0.2) is 9.97 Å². The zero-order valence-corrected chi connectivity index (χ0v) is 10.5. The third-order valence-corrected chi connectivity index (χ3v) is 3.09. The molecular weight excluding hydrogens is 291 g/mol. The molecule has 0 atom stereocenters. The van der Waals surface area contributed by atoms with Crippen LogP contribution in [0.4, 0.5) is 17.3 Å². The minimum Gasteiger partial charge on any atom is -0.384 e. The Hall–Kier alpha value is -1.33. The van der Waals surface area contributed by atoms with Crippen LogP contribution in [0.5, 0.6) is 0 Å². The normalized spacial score (nSPS) is 10.1. The smallest absolute Gasteiger partial charge is 0.135 e. The number of anilines is 3. The highest BCUT2D eigenvalue weighted by Gasteiger charge is 2.00. The van der Waals surface area contributed by atoms with E-state index in [0.29, 0.717) is 16.7 Å². The highest BCUT2D eigenvalue weighted by atomic mass is 79.9. The number of aromatic nitrogens is 2. The van der Waals surface area contributed by atoms with Crippen molar-refractivity contribution in [1.82, 2.24) is 9.97 Å². The average molecular weight is 300 g/mol. The SMILES string of the molecule is Nc1cc(Nc2ccc(Cl)c(Br)c2)ncn1. The lowest BCUT2D eigenvalue weighted by molar-refractivity contribution is 1.18. The van der Waals surface area contributed by atoms with Crippen LogP contribution in [0.25, 0.3) is 0 Å². The monoisotopic (exact) mass is 298 g/mol. The van der Waals surface area contributed by atoms with Gasteiger partial charge in [0.2, 0.25) is 0 Å². The van der Waals surface area contributed by atoms with E-state index in [4.69, 9.17) is 17.3 Å². The molecule has 0 saturated heterocycles. The second kappa shape index (κ2) is 4.67. The summed E-state index contributed by atoms with van der Waals surface area (Å²) in [6.07, 6.45) is 1.41. The van der Waals surface area contributed by atoms with Crippen molar-refractivity contribution >= 4 is 44.9 Å². The van der Waals surface area contributed by atoms with Crippen molar-refractivity contribution < 1.29 is 0 Å². The molecule has 0 spiro atoms. The molecule has 3 N–H and O–H groups in total. The van der Waals surface area contributed by atoms with Crippen LogP contribution in [0.3, 0.4) is 0 Å². The maximum absolute atomic E-state index is 5.89. The second-order valence-electron chi connectivity index (χ2n) is 3.08. The number of nitrogens with two attached hydrogens (primary N) is 1. The molecule has 0 aliphatic carbocycles. The molecule has 0 saturated carbocycles. The zero-order valence-electron chi connectivity index (χ0n) is 8.11. The minimum absolute atomic E-state index is 0.422. The summed E-state index contributed by atoms with van der Waals surface area (Å²) in [5, 5.41) is 3.75. The van der Waals surface area contributed by atoms with Gasteiger partial charge in [-0.05, 0) is 34.1 Å². The lowest BCUT2D eigenvalue weighted by atomic mass is 10.3. The number of nitrogen functional groups attached to an aromatic ring is 1. The molecule has 2 rings (SSSR count). The van der Waals surface area contributed by atoms with Gasteiger partial charge in [-0.3, -0.25) is 0 Å². The number of hydrogen-bond acceptors (Lipinski definition) is 4. The fraction of sp³-hybridized carbons (Fsp3) is 0. The second-order valence-corrected chi connectivity index (χ2v) is 4.34. The fourth-order valence-corrected chi connectivity index (χ4v) is 1.66. The Balaban J connectivity index is 2.24. The molecule has 2 aromatic rings. The first-order chi connectivity index (χ1) is 7.65. The number of nitrogens with zero attached hydrogens (tertiary/aromatic N) is 2. The van der Waals surface area contributed by atoms with Gasteiger partial charge in [0.05, 0.1) is 5.02 Å². The summed E-state index contributed by atoms with van der Waals surface area (Å²) in [6, 6.07) is 7.16. The predicted molar refractivity (Wildman–Crippen MR) is 68.9 cm³/mol. The third-order valence-electron chi connectivity index (χ3n) is 1.88. The topological polar surface area (TPSA) is 63.8 Å². The highest BCUT2D eigenvalue weighted by Crippen LogP contribution is 2.26. The van der Waals surface area contributed by atoms with Gasteiger partial charge in [-0.15, -0.1) is 0 Å². The maximum atomic E-state index is 5.89. The minimum atomic E-state index is 0.422. The van der Waals surface area contributed by atoms with Gasteiger partial charge in [-0.25, -0.2) is 9.97 Å². The number of halogens is 2. The van der Waals surface area contributed by atoms with Crippen molar-refractivity contribution in [3.8, 4) is 0 Å². The van der Waals surface area contributed by atoms with Gasteiger partial charge in [0, 0.05) is 16.2 Å². The highest BCUT2D eigenvalue weighted by molar-refractivity contribution is 9.10. The van der Waals surface area contributed by atoms with E-state index in [1.165, 1.54) is 6.33 Å². The van der Waals surface area contributed by atoms with E-state index in [1.54, 1.807) is 12.1 Å². The van der Waals surface area contributed by atoms with E-state index in [2.05, 4.69) is 31.2 Å². The molecule has 0 bridgehead atoms. The summed E-state index contributed by atoms with van der Waals surface area (Å²) in [6.45, 7) is 0. The first-order valence-corrected chi connectivity index (χ1v) is 5.62. The van der Waals surface area contributed by atoms with Crippen molar-refractivity contribution in [3.63, 3.8) is 0 Å². The molecule has 0 radical (unpaired) electrons. The van der Waals surface area contributed by atoms with Crippen LogP contribution in [0.15, 0.2) is 35.1 Å². The number of benzene rings is 1. The molecule has 6 heteroatoms. The van der Waals surface area contributed by atoms with Crippen LogP contribution in [0.1, 0.15) is 0 Å². The Kier molecular flexibility index (Phi) is 3.26. The van der Waals surface area contributed by atoms with Crippen LogP contribution in [-0.2, 0) is 0 Å². The van der Waals surface area contributed by atoms with Gasteiger partial charge in [-0.2, -0.15) is 0 Å². The lowest BCUT2D eigenvalue weighted by Gasteiger charge is -2.06. The maximum Gasteiger partial charge on any atom is 0.135 e. The van der Waals surface area contributed by atoms with Crippen molar-refractivity contribution in [2.45, 2.75) is 0 Å². The average Bonchev–Trinajstić information content (AvgIpc) is 2.24. The molecule has 0 amide bonds. The lowest BCUT2D eigenvalue weighted by Crippen LogP contribution is -1.97. The summed E-state index contributed by atoms with van der Waals surface area (Å²) < 4.78 is 0.821. The Bertz CT molecular complexity index is 518. The van der Waals surface area contributed by atoms with Gasteiger partial charge in [0.25, 0.3) is 0 Å². The third kappa shape index (κ3) is 2.62.